The number of aliphatic hydroxyl groups is 2. The minimum Gasteiger partial charge on any atom is -0.511 e. The molecule has 1 aliphatic heterocycles. The zero-order valence-corrected chi connectivity index (χ0v) is 23.5. The highest BCUT2D eigenvalue weighted by molar-refractivity contribution is 8.04. The fourth-order valence-electron chi connectivity index (χ4n) is 4.51. The van der Waals surface area contributed by atoms with Gasteiger partial charge >= 0.3 is 0 Å². The van der Waals surface area contributed by atoms with Gasteiger partial charge in [-0.1, -0.05) is 91.0 Å². The second kappa shape index (κ2) is 15.1. The molecule has 2 N–H and O–H groups in total. The molecule has 1 aliphatic rings. The summed E-state index contributed by atoms with van der Waals surface area (Å²) >= 11 is 1.04. The summed E-state index contributed by atoms with van der Waals surface area (Å²) in [4.78, 5) is 12.5. The van der Waals surface area contributed by atoms with Gasteiger partial charge < -0.3 is 29.2 Å². The van der Waals surface area contributed by atoms with Gasteiger partial charge in [0.05, 0.1) is 36.6 Å². The lowest BCUT2D eigenvalue weighted by Gasteiger charge is -2.44. The lowest BCUT2D eigenvalue weighted by Crippen LogP contribution is -2.59. The smallest absolute Gasteiger partial charge is 0.170 e. The van der Waals surface area contributed by atoms with E-state index in [-0.39, 0.29) is 36.3 Å². The molecular weight excluding hydrogens is 528 g/mol. The SMILES string of the molecule is CC(=O)/C(S[C@H]1C(O)O[C@H](COCc2ccccc2)[C@@H](OCc2ccccc2)[C@@H]1OCc1ccccc1)=C(\C)O. The number of hydrogen-bond acceptors (Lipinski definition) is 8. The van der Waals surface area contributed by atoms with E-state index in [1.54, 1.807) is 0 Å². The first kappa shape index (κ1) is 30.0. The molecule has 1 heterocycles. The molecule has 0 radical (unpaired) electrons. The molecule has 3 aromatic rings. The predicted octanol–water partition coefficient (Wildman–Crippen LogP) is 5.57. The average Bonchev–Trinajstić information content (AvgIpc) is 2.96. The van der Waals surface area contributed by atoms with Crippen molar-refractivity contribution in [3.63, 3.8) is 0 Å². The van der Waals surface area contributed by atoms with Crippen molar-refractivity contribution in [2.45, 2.75) is 63.5 Å². The monoisotopic (exact) mass is 564 g/mol. The van der Waals surface area contributed by atoms with Gasteiger partial charge in [0.1, 0.15) is 24.1 Å². The van der Waals surface area contributed by atoms with E-state index in [4.69, 9.17) is 18.9 Å². The highest BCUT2D eigenvalue weighted by atomic mass is 32.2. The summed E-state index contributed by atoms with van der Waals surface area (Å²) in [6, 6.07) is 29.3. The summed E-state index contributed by atoms with van der Waals surface area (Å²) in [6.07, 6.45) is -3.30. The first-order valence-corrected chi connectivity index (χ1v) is 14.1. The van der Waals surface area contributed by atoms with Crippen LogP contribution in [0.25, 0.3) is 0 Å². The summed E-state index contributed by atoms with van der Waals surface area (Å²) in [5, 5.41) is 20.6. The molecule has 3 aromatic carbocycles. The Balaban J connectivity index is 1.60. The molecule has 0 aromatic heterocycles. The number of Topliss-reactive ketones (excluding diaryl/α,β-unsaturated/α-hetero) is 1. The molecule has 212 valence electrons. The van der Waals surface area contributed by atoms with Gasteiger partial charge in [-0.3, -0.25) is 4.79 Å². The van der Waals surface area contributed by atoms with E-state index in [0.717, 1.165) is 28.5 Å². The number of carbonyl (C=O) groups is 1. The molecule has 8 heteroatoms. The number of rotatable bonds is 13. The molecule has 1 unspecified atom stereocenters. The Morgan fingerprint density at radius 1 is 0.775 bits per heavy atom. The molecule has 5 atom stereocenters. The Labute approximate surface area is 239 Å². The largest absolute Gasteiger partial charge is 0.511 e. The van der Waals surface area contributed by atoms with Crippen molar-refractivity contribution in [3.8, 4) is 0 Å². The van der Waals surface area contributed by atoms with Gasteiger partial charge in [-0.15, -0.1) is 11.8 Å². The number of hydrogen-bond donors (Lipinski definition) is 2. The second-order valence-electron chi connectivity index (χ2n) is 9.64. The highest BCUT2D eigenvalue weighted by Crippen LogP contribution is 2.38. The standard InChI is InChI=1S/C32H36O7S/c1-22(33)30(23(2)34)40-31-29(38-20-26-16-10-5-11-17-26)28(37-19-25-14-8-4-9-15-25)27(39-32(31)35)21-36-18-24-12-6-3-7-13-24/h3-17,27-29,31-33,35H,18-21H2,1-2H3/b30-22-/t27-,28-,29+,31-,32?/m1/s1. The highest BCUT2D eigenvalue weighted by Gasteiger charge is 2.48. The van der Waals surface area contributed by atoms with Crippen LogP contribution >= 0.6 is 11.8 Å². The van der Waals surface area contributed by atoms with Crippen LogP contribution in [0.2, 0.25) is 0 Å². The van der Waals surface area contributed by atoms with Crippen LogP contribution < -0.4 is 0 Å². The van der Waals surface area contributed by atoms with Crippen molar-refractivity contribution in [1.29, 1.82) is 0 Å². The maximum atomic E-state index is 12.3. The summed E-state index contributed by atoms with van der Waals surface area (Å²) in [5.41, 5.74) is 2.94. The summed E-state index contributed by atoms with van der Waals surface area (Å²) < 4.78 is 25.0. The summed E-state index contributed by atoms with van der Waals surface area (Å²) in [6.45, 7) is 3.90. The van der Waals surface area contributed by atoms with Crippen LogP contribution in [-0.2, 0) is 43.6 Å². The van der Waals surface area contributed by atoms with Gasteiger partial charge in [-0.05, 0) is 30.5 Å². The quantitative estimate of drug-likeness (QED) is 0.206. The minimum absolute atomic E-state index is 0.124. The fourth-order valence-corrected chi connectivity index (χ4v) is 5.66. The number of ketones is 1. The number of benzene rings is 3. The Kier molecular flexibility index (Phi) is 11.3. The van der Waals surface area contributed by atoms with Crippen molar-refractivity contribution in [2.75, 3.05) is 6.61 Å². The predicted molar refractivity (Wildman–Crippen MR) is 154 cm³/mol. The number of thioether (sulfide) groups is 1. The lowest BCUT2D eigenvalue weighted by molar-refractivity contribution is -0.261. The third kappa shape index (κ3) is 8.51. The van der Waals surface area contributed by atoms with E-state index < -0.39 is 29.9 Å². The topological polar surface area (TPSA) is 94.5 Å². The molecular formula is C32H36O7S. The maximum Gasteiger partial charge on any atom is 0.170 e. The number of aliphatic hydroxyl groups excluding tert-OH is 2. The molecule has 1 fully saturated rings. The van der Waals surface area contributed by atoms with Crippen LogP contribution in [-0.4, -0.2) is 52.5 Å². The van der Waals surface area contributed by atoms with E-state index in [9.17, 15) is 15.0 Å². The van der Waals surface area contributed by atoms with Crippen molar-refractivity contribution in [2.24, 2.45) is 0 Å². The third-order valence-electron chi connectivity index (χ3n) is 6.48. The molecule has 4 rings (SSSR count). The van der Waals surface area contributed by atoms with Crippen LogP contribution in [0.3, 0.4) is 0 Å². The molecule has 0 saturated carbocycles. The average molecular weight is 565 g/mol. The van der Waals surface area contributed by atoms with E-state index in [1.807, 2.05) is 91.0 Å². The Hall–Kier alpha value is -2.98. The zero-order chi connectivity index (χ0) is 28.3. The summed E-state index contributed by atoms with van der Waals surface area (Å²) in [7, 11) is 0. The minimum atomic E-state index is -1.30. The Morgan fingerprint density at radius 2 is 1.25 bits per heavy atom. The molecule has 0 amide bonds. The number of carbonyl (C=O) groups excluding carboxylic acids is 1. The van der Waals surface area contributed by atoms with Crippen LogP contribution in [0.4, 0.5) is 0 Å². The molecule has 0 aliphatic carbocycles. The van der Waals surface area contributed by atoms with Gasteiger partial charge in [-0.25, -0.2) is 0 Å². The van der Waals surface area contributed by atoms with Crippen LogP contribution in [0.15, 0.2) is 102 Å². The van der Waals surface area contributed by atoms with Gasteiger partial charge in [0.2, 0.25) is 0 Å². The van der Waals surface area contributed by atoms with Crippen LogP contribution in [0, 0.1) is 0 Å². The first-order chi connectivity index (χ1) is 19.4. The number of allylic oxidation sites excluding steroid dienone is 2. The summed E-state index contributed by atoms with van der Waals surface area (Å²) in [5.74, 6) is -0.435. The van der Waals surface area contributed by atoms with Crippen molar-refractivity contribution >= 4 is 17.5 Å². The van der Waals surface area contributed by atoms with Crippen LogP contribution in [0.5, 0.6) is 0 Å². The number of ether oxygens (including phenoxy) is 4. The van der Waals surface area contributed by atoms with Crippen LogP contribution in [0.1, 0.15) is 30.5 Å². The Bertz CT molecular complexity index is 1220. The van der Waals surface area contributed by atoms with Gasteiger partial charge in [0.25, 0.3) is 0 Å². The molecule has 0 bridgehead atoms. The van der Waals surface area contributed by atoms with Gasteiger partial charge in [-0.2, -0.15) is 0 Å². The molecule has 40 heavy (non-hydrogen) atoms. The van der Waals surface area contributed by atoms with E-state index in [0.29, 0.717) is 6.61 Å². The van der Waals surface area contributed by atoms with Gasteiger partial charge in [0, 0.05) is 0 Å². The normalized spacial score (nSPS) is 23.4. The van der Waals surface area contributed by atoms with Gasteiger partial charge in [0.15, 0.2) is 12.1 Å². The van der Waals surface area contributed by atoms with Crippen molar-refractivity contribution in [1.82, 2.24) is 0 Å². The third-order valence-corrected chi connectivity index (χ3v) is 8.07. The lowest BCUT2D eigenvalue weighted by atomic mass is 10.00. The fraction of sp³-hybridized carbons (Fsp3) is 0.344. The molecule has 1 saturated heterocycles. The van der Waals surface area contributed by atoms with E-state index in [2.05, 4.69) is 0 Å². The van der Waals surface area contributed by atoms with Crippen molar-refractivity contribution in [3.05, 3.63) is 118 Å². The molecule has 0 spiro atoms. The second-order valence-corrected chi connectivity index (χ2v) is 10.8. The van der Waals surface area contributed by atoms with E-state index >= 15 is 0 Å². The maximum absolute atomic E-state index is 12.3. The Morgan fingerprint density at radius 3 is 1.73 bits per heavy atom. The molecule has 7 nitrogen and oxygen atoms in total. The van der Waals surface area contributed by atoms with Crippen molar-refractivity contribution < 1.29 is 34.0 Å². The van der Waals surface area contributed by atoms with E-state index in [1.165, 1.54) is 13.8 Å². The first-order valence-electron chi connectivity index (χ1n) is 13.3. The zero-order valence-electron chi connectivity index (χ0n) is 22.7.